The van der Waals surface area contributed by atoms with Gasteiger partial charge in [-0.15, -0.1) is 0 Å². The highest BCUT2D eigenvalue weighted by Gasteiger charge is 2.33. The summed E-state index contributed by atoms with van der Waals surface area (Å²) in [5, 5.41) is 9.97. The van der Waals surface area contributed by atoms with E-state index >= 15 is 0 Å². The molecule has 94 valence electrons. The number of aromatic nitrogens is 1. The number of nitrogens with zero attached hydrogens (tertiary/aromatic N) is 1. The minimum absolute atomic E-state index is 0.348. The summed E-state index contributed by atoms with van der Waals surface area (Å²) in [5.74, 6) is -0.348. The zero-order valence-electron chi connectivity index (χ0n) is 10.7. The van der Waals surface area contributed by atoms with E-state index in [1.54, 1.807) is 0 Å². The number of carbonyl (C=O) groups is 1. The first kappa shape index (κ1) is 12.2. The third-order valence-corrected chi connectivity index (χ3v) is 3.73. The van der Waals surface area contributed by atoms with Gasteiger partial charge in [0.15, 0.2) is 0 Å². The van der Waals surface area contributed by atoms with Crippen LogP contribution in [-0.2, 0) is 16.8 Å². The quantitative estimate of drug-likeness (QED) is 0.814. The topological polar surface area (TPSA) is 68.2 Å². The van der Waals surface area contributed by atoms with Crippen LogP contribution in [0.15, 0.2) is 6.07 Å². The summed E-state index contributed by atoms with van der Waals surface area (Å²) < 4.78 is 1.98. The number of amides is 1. The molecule has 2 rings (SSSR count). The summed E-state index contributed by atoms with van der Waals surface area (Å²) in [4.78, 5) is 11.6. The molecular weight excluding hydrogens is 216 g/mol. The van der Waals surface area contributed by atoms with Gasteiger partial charge in [-0.05, 0) is 46.1 Å². The van der Waals surface area contributed by atoms with E-state index in [0.717, 1.165) is 36.2 Å². The average molecular weight is 236 g/mol. The van der Waals surface area contributed by atoms with Crippen molar-refractivity contribution in [2.24, 2.45) is 5.73 Å². The fourth-order valence-electron chi connectivity index (χ4n) is 2.77. The molecule has 1 atom stereocenters. The van der Waals surface area contributed by atoms with Crippen molar-refractivity contribution in [3.05, 3.63) is 23.0 Å². The maximum atomic E-state index is 11.6. The molecule has 0 saturated carbocycles. The van der Waals surface area contributed by atoms with Gasteiger partial charge in [-0.1, -0.05) is 0 Å². The molecule has 0 saturated heterocycles. The Morgan fingerprint density at radius 3 is 2.82 bits per heavy atom. The number of aliphatic hydroxyl groups is 1. The molecular formula is C13H20N2O2. The van der Waals surface area contributed by atoms with E-state index in [0.29, 0.717) is 0 Å². The van der Waals surface area contributed by atoms with Crippen molar-refractivity contribution >= 4 is 5.91 Å². The number of fused-ring (bicyclic) bond motifs is 1. The molecule has 1 aromatic rings. The van der Waals surface area contributed by atoms with Crippen LogP contribution in [0.3, 0.4) is 0 Å². The highest BCUT2D eigenvalue weighted by molar-refractivity contribution is 5.82. The van der Waals surface area contributed by atoms with Crippen molar-refractivity contribution < 1.29 is 9.90 Å². The molecule has 1 aromatic heterocycles. The molecule has 0 bridgehead atoms. The van der Waals surface area contributed by atoms with Crippen molar-refractivity contribution in [3.8, 4) is 0 Å². The van der Waals surface area contributed by atoms with Crippen molar-refractivity contribution in [2.75, 3.05) is 0 Å². The molecule has 1 aliphatic carbocycles. The third kappa shape index (κ3) is 1.76. The lowest BCUT2D eigenvalue weighted by atomic mass is 9.94. The van der Waals surface area contributed by atoms with E-state index in [2.05, 4.69) is 0 Å². The van der Waals surface area contributed by atoms with E-state index in [4.69, 9.17) is 5.73 Å². The van der Waals surface area contributed by atoms with Gasteiger partial charge >= 0.3 is 0 Å². The average Bonchev–Trinajstić information content (AvgIpc) is 2.56. The number of aliphatic hydroxyl groups excluding tert-OH is 1. The number of carbonyl (C=O) groups excluding carboxylic acids is 1. The maximum Gasteiger partial charge on any atom is 0.243 e. The van der Waals surface area contributed by atoms with Crippen molar-refractivity contribution in [3.63, 3.8) is 0 Å². The number of primary amides is 1. The van der Waals surface area contributed by atoms with Crippen LogP contribution in [-0.4, -0.2) is 15.6 Å². The molecule has 1 unspecified atom stereocenters. The molecule has 0 radical (unpaired) electrons. The molecule has 17 heavy (non-hydrogen) atoms. The van der Waals surface area contributed by atoms with Gasteiger partial charge < -0.3 is 15.4 Å². The molecule has 1 heterocycles. The zero-order valence-corrected chi connectivity index (χ0v) is 10.7. The Labute approximate surface area is 101 Å². The fraction of sp³-hybridized carbons (Fsp3) is 0.615. The second kappa shape index (κ2) is 3.88. The summed E-state index contributed by atoms with van der Waals surface area (Å²) in [6.07, 6.45) is 2.25. The Kier molecular flexibility index (Phi) is 2.78. The van der Waals surface area contributed by atoms with E-state index in [-0.39, 0.29) is 5.91 Å². The fourth-order valence-corrected chi connectivity index (χ4v) is 2.77. The zero-order chi connectivity index (χ0) is 12.8. The van der Waals surface area contributed by atoms with Gasteiger partial charge in [0.05, 0.1) is 6.10 Å². The normalized spacial score (nSPS) is 20.1. The molecule has 1 amide bonds. The minimum atomic E-state index is -0.741. The Hall–Kier alpha value is -1.29. The summed E-state index contributed by atoms with van der Waals surface area (Å²) >= 11 is 0. The summed E-state index contributed by atoms with van der Waals surface area (Å²) in [5.41, 5.74) is 7.74. The highest BCUT2D eigenvalue weighted by Crippen LogP contribution is 2.35. The molecule has 0 aromatic carbocycles. The first-order valence-electron chi connectivity index (χ1n) is 6.05. The van der Waals surface area contributed by atoms with Gasteiger partial charge in [0.2, 0.25) is 5.91 Å². The summed E-state index contributed by atoms with van der Waals surface area (Å²) in [7, 11) is 0. The standard InChI is InChI=1S/C13H20N2O2/c1-8-7-9-10(5-4-6-11(9)16)15(8)13(2,3)12(14)17/h7,11,16H,4-6H2,1-3H3,(H2,14,17). The van der Waals surface area contributed by atoms with Gasteiger partial charge in [0, 0.05) is 17.0 Å². The Bertz CT molecular complexity index is 460. The first-order chi connectivity index (χ1) is 7.85. The molecule has 3 N–H and O–H groups in total. The predicted octanol–water partition coefficient (Wildman–Crippen LogP) is 1.39. The van der Waals surface area contributed by atoms with Crippen molar-refractivity contribution in [1.82, 2.24) is 4.57 Å². The largest absolute Gasteiger partial charge is 0.388 e. The van der Waals surface area contributed by atoms with Crippen LogP contribution in [0.25, 0.3) is 0 Å². The molecule has 4 heteroatoms. The minimum Gasteiger partial charge on any atom is -0.388 e. The van der Waals surface area contributed by atoms with Crippen molar-refractivity contribution in [2.45, 2.75) is 51.7 Å². The van der Waals surface area contributed by atoms with Crippen LogP contribution in [0, 0.1) is 6.92 Å². The van der Waals surface area contributed by atoms with Gasteiger partial charge in [-0.25, -0.2) is 0 Å². The number of rotatable bonds is 2. The Morgan fingerprint density at radius 1 is 1.59 bits per heavy atom. The molecule has 0 fully saturated rings. The molecule has 0 spiro atoms. The van der Waals surface area contributed by atoms with Crippen LogP contribution in [0.2, 0.25) is 0 Å². The van der Waals surface area contributed by atoms with E-state index < -0.39 is 11.6 Å². The van der Waals surface area contributed by atoms with E-state index in [9.17, 15) is 9.90 Å². The monoisotopic (exact) mass is 236 g/mol. The van der Waals surface area contributed by atoms with Crippen LogP contribution < -0.4 is 5.73 Å². The SMILES string of the molecule is Cc1cc2c(n1C(C)(C)C(N)=O)CCCC2O. The van der Waals surface area contributed by atoms with Crippen LogP contribution >= 0.6 is 0 Å². The lowest BCUT2D eigenvalue weighted by Crippen LogP contribution is -2.42. The summed E-state index contributed by atoms with van der Waals surface area (Å²) in [6, 6.07) is 1.98. The van der Waals surface area contributed by atoms with Crippen LogP contribution in [0.1, 0.15) is 49.7 Å². The smallest absolute Gasteiger partial charge is 0.243 e. The highest BCUT2D eigenvalue weighted by atomic mass is 16.3. The molecule has 1 aliphatic rings. The third-order valence-electron chi connectivity index (χ3n) is 3.73. The van der Waals surface area contributed by atoms with E-state index in [1.165, 1.54) is 0 Å². The number of hydrogen-bond donors (Lipinski definition) is 2. The maximum absolute atomic E-state index is 11.6. The second-order valence-corrected chi connectivity index (χ2v) is 5.35. The number of hydrogen-bond acceptors (Lipinski definition) is 2. The molecule has 4 nitrogen and oxygen atoms in total. The van der Waals surface area contributed by atoms with Crippen molar-refractivity contribution in [1.29, 1.82) is 0 Å². The number of aryl methyl sites for hydroxylation is 1. The second-order valence-electron chi connectivity index (χ2n) is 5.35. The van der Waals surface area contributed by atoms with Gasteiger partial charge in [-0.3, -0.25) is 4.79 Å². The van der Waals surface area contributed by atoms with Crippen LogP contribution in [0.5, 0.6) is 0 Å². The predicted molar refractivity (Wildman–Crippen MR) is 65.6 cm³/mol. The lowest BCUT2D eigenvalue weighted by molar-refractivity contribution is -0.125. The number of nitrogens with two attached hydrogens (primary N) is 1. The van der Waals surface area contributed by atoms with E-state index in [1.807, 2.05) is 31.4 Å². The van der Waals surface area contributed by atoms with Gasteiger partial charge in [0.25, 0.3) is 0 Å². The molecule has 0 aliphatic heterocycles. The first-order valence-corrected chi connectivity index (χ1v) is 6.05. The summed E-state index contributed by atoms with van der Waals surface area (Å²) in [6.45, 7) is 5.60. The van der Waals surface area contributed by atoms with Crippen LogP contribution in [0.4, 0.5) is 0 Å². The lowest BCUT2D eigenvalue weighted by Gasteiger charge is -2.30. The van der Waals surface area contributed by atoms with Gasteiger partial charge in [-0.2, -0.15) is 0 Å². The van der Waals surface area contributed by atoms with Gasteiger partial charge in [0.1, 0.15) is 5.54 Å². The Balaban J connectivity index is 2.59. The Morgan fingerprint density at radius 2 is 2.24 bits per heavy atom.